The Labute approximate surface area is 123 Å². The largest absolute Gasteiger partial charge is 0.345 e. The first-order chi connectivity index (χ1) is 8.98. The Hall–Kier alpha value is -0.870. The summed E-state index contributed by atoms with van der Waals surface area (Å²) in [6, 6.07) is 8.45. The molecule has 0 spiro atoms. The number of nitrogens with two attached hydrogens (primary N) is 1. The highest BCUT2D eigenvalue weighted by molar-refractivity contribution is 9.10. The van der Waals surface area contributed by atoms with Gasteiger partial charge in [0.25, 0.3) is 0 Å². The number of likely N-dealkylation sites (N-methyl/N-ethyl adjacent to an activating group) is 1. The number of carbonyl (C=O) groups excluding carboxylic acids is 1. The minimum Gasteiger partial charge on any atom is -0.345 e. The van der Waals surface area contributed by atoms with E-state index >= 15 is 0 Å². The fourth-order valence-corrected chi connectivity index (χ4v) is 2.77. The minimum absolute atomic E-state index is 0.0919. The van der Waals surface area contributed by atoms with Crippen LogP contribution in [0.1, 0.15) is 25.3 Å². The molecule has 0 saturated heterocycles. The summed E-state index contributed by atoms with van der Waals surface area (Å²) in [6.07, 6.45) is 2.31. The Balaban J connectivity index is 2.06. The maximum Gasteiger partial charge on any atom is 0.226 e. The van der Waals surface area contributed by atoms with Gasteiger partial charge in [-0.3, -0.25) is 4.79 Å². The SMILES string of the molecule is CC(CN)C(=O)N(C)CC1(c2ccc(Br)cc2)CC1. The molecule has 1 fully saturated rings. The summed E-state index contributed by atoms with van der Waals surface area (Å²) in [5.74, 6) is 0.0524. The van der Waals surface area contributed by atoms with Gasteiger partial charge in [-0.05, 0) is 30.5 Å². The van der Waals surface area contributed by atoms with Gasteiger partial charge in [-0.2, -0.15) is 0 Å². The Morgan fingerprint density at radius 1 is 1.42 bits per heavy atom. The van der Waals surface area contributed by atoms with Crippen molar-refractivity contribution in [3.8, 4) is 0 Å². The lowest BCUT2D eigenvalue weighted by Gasteiger charge is -2.26. The normalized spacial score (nSPS) is 17.9. The van der Waals surface area contributed by atoms with Gasteiger partial charge >= 0.3 is 0 Å². The molecule has 0 aliphatic heterocycles. The number of halogens is 1. The fraction of sp³-hybridized carbons (Fsp3) is 0.533. The van der Waals surface area contributed by atoms with E-state index in [-0.39, 0.29) is 17.2 Å². The molecular formula is C15H21BrN2O. The monoisotopic (exact) mass is 324 g/mol. The van der Waals surface area contributed by atoms with Crippen molar-refractivity contribution in [3.05, 3.63) is 34.3 Å². The summed E-state index contributed by atoms with van der Waals surface area (Å²) in [5.41, 5.74) is 7.06. The van der Waals surface area contributed by atoms with E-state index < -0.39 is 0 Å². The minimum atomic E-state index is -0.0919. The maximum absolute atomic E-state index is 12.1. The molecule has 1 aromatic carbocycles. The van der Waals surface area contributed by atoms with Crippen molar-refractivity contribution >= 4 is 21.8 Å². The number of nitrogens with zero attached hydrogens (tertiary/aromatic N) is 1. The van der Waals surface area contributed by atoms with E-state index in [9.17, 15) is 4.79 Å². The van der Waals surface area contributed by atoms with E-state index in [4.69, 9.17) is 5.73 Å². The predicted octanol–water partition coefficient (Wildman–Crippen LogP) is 2.53. The third kappa shape index (κ3) is 3.18. The molecule has 1 aromatic rings. The van der Waals surface area contributed by atoms with E-state index in [1.165, 1.54) is 5.56 Å². The van der Waals surface area contributed by atoms with E-state index in [1.807, 2.05) is 18.9 Å². The number of benzene rings is 1. The van der Waals surface area contributed by atoms with Crippen LogP contribution in [-0.4, -0.2) is 30.9 Å². The highest BCUT2D eigenvalue weighted by Crippen LogP contribution is 2.48. The topological polar surface area (TPSA) is 46.3 Å². The Morgan fingerprint density at radius 3 is 2.47 bits per heavy atom. The number of amides is 1. The number of hydrogen-bond acceptors (Lipinski definition) is 2. The fourth-order valence-electron chi connectivity index (χ4n) is 2.50. The van der Waals surface area contributed by atoms with Gasteiger partial charge in [-0.15, -0.1) is 0 Å². The first-order valence-electron chi connectivity index (χ1n) is 6.69. The van der Waals surface area contributed by atoms with Crippen LogP contribution in [0.3, 0.4) is 0 Å². The first-order valence-corrected chi connectivity index (χ1v) is 7.49. The van der Waals surface area contributed by atoms with E-state index in [2.05, 4.69) is 40.2 Å². The highest BCUT2D eigenvalue weighted by atomic mass is 79.9. The zero-order valence-corrected chi connectivity index (χ0v) is 13.1. The standard InChI is InChI=1S/C15H21BrN2O/c1-11(9-17)14(19)18(2)10-15(7-8-15)12-3-5-13(16)6-4-12/h3-6,11H,7-10,17H2,1-2H3. The van der Waals surface area contributed by atoms with Crippen molar-refractivity contribution < 1.29 is 4.79 Å². The summed E-state index contributed by atoms with van der Waals surface area (Å²) < 4.78 is 1.09. The molecule has 0 bridgehead atoms. The van der Waals surface area contributed by atoms with Crippen molar-refractivity contribution in [1.29, 1.82) is 0 Å². The molecule has 0 aromatic heterocycles. The molecule has 0 heterocycles. The van der Waals surface area contributed by atoms with Gasteiger partial charge in [-0.25, -0.2) is 0 Å². The molecule has 19 heavy (non-hydrogen) atoms. The lowest BCUT2D eigenvalue weighted by atomic mass is 9.95. The van der Waals surface area contributed by atoms with Crippen LogP contribution >= 0.6 is 15.9 Å². The molecule has 104 valence electrons. The van der Waals surface area contributed by atoms with Crippen LogP contribution in [0.4, 0.5) is 0 Å². The zero-order chi connectivity index (χ0) is 14.0. The van der Waals surface area contributed by atoms with Crippen LogP contribution < -0.4 is 5.73 Å². The predicted molar refractivity (Wildman–Crippen MR) is 80.9 cm³/mol. The average Bonchev–Trinajstić information content (AvgIpc) is 3.18. The summed E-state index contributed by atoms with van der Waals surface area (Å²) in [7, 11) is 1.88. The second-order valence-electron chi connectivity index (χ2n) is 5.62. The summed E-state index contributed by atoms with van der Waals surface area (Å²) in [6.45, 7) is 3.09. The van der Waals surface area contributed by atoms with Gasteiger partial charge in [0.2, 0.25) is 5.91 Å². The quantitative estimate of drug-likeness (QED) is 0.904. The van der Waals surface area contributed by atoms with E-state index in [0.29, 0.717) is 6.54 Å². The molecule has 3 nitrogen and oxygen atoms in total. The van der Waals surface area contributed by atoms with Gasteiger partial charge in [0, 0.05) is 35.9 Å². The van der Waals surface area contributed by atoms with Crippen molar-refractivity contribution in [2.24, 2.45) is 11.7 Å². The van der Waals surface area contributed by atoms with Crippen LogP contribution in [-0.2, 0) is 10.2 Å². The van der Waals surface area contributed by atoms with Crippen molar-refractivity contribution in [1.82, 2.24) is 4.90 Å². The Morgan fingerprint density at radius 2 is 2.00 bits per heavy atom. The van der Waals surface area contributed by atoms with Crippen LogP contribution in [0, 0.1) is 5.92 Å². The van der Waals surface area contributed by atoms with Crippen molar-refractivity contribution in [3.63, 3.8) is 0 Å². The van der Waals surface area contributed by atoms with Crippen LogP contribution in [0.5, 0.6) is 0 Å². The lowest BCUT2D eigenvalue weighted by molar-refractivity contribution is -0.133. The Kier molecular flexibility index (Phi) is 4.31. The van der Waals surface area contributed by atoms with Crippen molar-refractivity contribution in [2.45, 2.75) is 25.2 Å². The van der Waals surface area contributed by atoms with Gasteiger partial charge in [0.05, 0.1) is 0 Å². The molecule has 1 amide bonds. The molecule has 4 heteroatoms. The second-order valence-corrected chi connectivity index (χ2v) is 6.53. The molecule has 1 aliphatic carbocycles. The van der Waals surface area contributed by atoms with Crippen LogP contribution in [0.25, 0.3) is 0 Å². The second kappa shape index (κ2) is 5.63. The number of rotatable bonds is 5. The third-order valence-corrected chi connectivity index (χ3v) is 4.53. The summed E-state index contributed by atoms with van der Waals surface area (Å²) in [5, 5.41) is 0. The molecule has 1 unspecified atom stereocenters. The van der Waals surface area contributed by atoms with Gasteiger partial charge in [0.1, 0.15) is 0 Å². The number of carbonyl (C=O) groups is 1. The van der Waals surface area contributed by atoms with Gasteiger partial charge < -0.3 is 10.6 Å². The van der Waals surface area contributed by atoms with E-state index in [0.717, 1.165) is 23.9 Å². The van der Waals surface area contributed by atoms with Gasteiger partial charge in [0.15, 0.2) is 0 Å². The average molecular weight is 325 g/mol. The van der Waals surface area contributed by atoms with Crippen LogP contribution in [0.2, 0.25) is 0 Å². The smallest absolute Gasteiger partial charge is 0.226 e. The summed E-state index contributed by atoms with van der Waals surface area (Å²) in [4.78, 5) is 13.9. The zero-order valence-electron chi connectivity index (χ0n) is 11.5. The van der Waals surface area contributed by atoms with E-state index in [1.54, 1.807) is 0 Å². The van der Waals surface area contributed by atoms with Crippen molar-refractivity contribution in [2.75, 3.05) is 20.1 Å². The maximum atomic E-state index is 12.1. The molecule has 2 N–H and O–H groups in total. The third-order valence-electron chi connectivity index (χ3n) is 4.00. The molecule has 0 radical (unpaired) electrons. The van der Waals surface area contributed by atoms with Crippen LogP contribution in [0.15, 0.2) is 28.7 Å². The lowest BCUT2D eigenvalue weighted by Crippen LogP contribution is -2.39. The van der Waals surface area contributed by atoms with Gasteiger partial charge in [-0.1, -0.05) is 35.0 Å². The highest BCUT2D eigenvalue weighted by Gasteiger charge is 2.45. The summed E-state index contributed by atoms with van der Waals surface area (Å²) >= 11 is 3.46. The molecule has 1 atom stereocenters. The first kappa shape index (κ1) is 14.5. The molecule has 1 saturated carbocycles. The molecule has 2 rings (SSSR count). The Bertz CT molecular complexity index is 454. The number of hydrogen-bond donors (Lipinski definition) is 1. The molecule has 1 aliphatic rings. The molecular weight excluding hydrogens is 304 g/mol.